The van der Waals surface area contributed by atoms with Crippen LogP contribution in [0.4, 0.5) is 0 Å². The SMILES string of the molecule is CNCCCC(=O)NC(CC(C)C)c1ccccc1OC.Cl. The second-order valence-electron chi connectivity index (χ2n) is 5.70. The van der Waals surface area contributed by atoms with E-state index in [-0.39, 0.29) is 24.4 Å². The minimum absolute atomic E-state index is 0. The molecule has 2 N–H and O–H groups in total. The van der Waals surface area contributed by atoms with Gasteiger partial charge in [0.2, 0.25) is 5.91 Å². The maximum absolute atomic E-state index is 12.1. The van der Waals surface area contributed by atoms with Crippen LogP contribution in [0.15, 0.2) is 24.3 Å². The summed E-state index contributed by atoms with van der Waals surface area (Å²) in [4.78, 5) is 12.1. The minimum Gasteiger partial charge on any atom is -0.496 e. The molecule has 1 aromatic rings. The fourth-order valence-electron chi connectivity index (χ4n) is 2.38. The highest BCUT2D eigenvalue weighted by molar-refractivity contribution is 5.85. The van der Waals surface area contributed by atoms with Gasteiger partial charge in [-0.05, 0) is 38.4 Å². The van der Waals surface area contributed by atoms with Gasteiger partial charge in [-0.2, -0.15) is 0 Å². The predicted molar refractivity (Wildman–Crippen MR) is 93.7 cm³/mol. The van der Waals surface area contributed by atoms with E-state index in [1.807, 2.05) is 31.3 Å². The highest BCUT2D eigenvalue weighted by Gasteiger charge is 2.19. The van der Waals surface area contributed by atoms with Crippen molar-refractivity contribution >= 4 is 18.3 Å². The Kier molecular flexibility index (Phi) is 10.7. The van der Waals surface area contributed by atoms with Gasteiger partial charge in [0.15, 0.2) is 0 Å². The van der Waals surface area contributed by atoms with Crippen LogP contribution in [0.25, 0.3) is 0 Å². The summed E-state index contributed by atoms with van der Waals surface area (Å²) in [5.74, 6) is 1.43. The number of halogens is 1. The van der Waals surface area contributed by atoms with Crippen LogP contribution in [-0.2, 0) is 4.79 Å². The Hall–Kier alpha value is -1.26. The first-order chi connectivity index (χ1) is 10.1. The molecule has 0 aliphatic heterocycles. The molecule has 22 heavy (non-hydrogen) atoms. The summed E-state index contributed by atoms with van der Waals surface area (Å²) < 4.78 is 5.43. The molecule has 4 nitrogen and oxygen atoms in total. The van der Waals surface area contributed by atoms with Crippen LogP contribution in [0.2, 0.25) is 0 Å². The van der Waals surface area contributed by atoms with Crippen LogP contribution in [-0.4, -0.2) is 26.6 Å². The first-order valence-corrected chi connectivity index (χ1v) is 7.65. The zero-order chi connectivity index (χ0) is 15.7. The molecule has 1 rings (SSSR count). The highest BCUT2D eigenvalue weighted by atomic mass is 35.5. The zero-order valence-corrected chi connectivity index (χ0v) is 14.8. The Morgan fingerprint density at radius 1 is 1.27 bits per heavy atom. The summed E-state index contributed by atoms with van der Waals surface area (Å²) >= 11 is 0. The molecule has 1 unspecified atom stereocenters. The second-order valence-corrected chi connectivity index (χ2v) is 5.70. The topological polar surface area (TPSA) is 50.4 Å². The summed E-state index contributed by atoms with van der Waals surface area (Å²) in [5.41, 5.74) is 1.05. The molecule has 0 heterocycles. The Morgan fingerprint density at radius 3 is 2.55 bits per heavy atom. The summed E-state index contributed by atoms with van der Waals surface area (Å²) in [7, 11) is 3.56. The number of carbonyl (C=O) groups is 1. The van der Waals surface area contributed by atoms with E-state index in [1.165, 1.54) is 0 Å². The average molecular weight is 329 g/mol. The van der Waals surface area contributed by atoms with Crippen molar-refractivity contribution in [2.75, 3.05) is 20.7 Å². The number of carbonyl (C=O) groups excluding carboxylic acids is 1. The Morgan fingerprint density at radius 2 is 1.95 bits per heavy atom. The van der Waals surface area contributed by atoms with E-state index in [0.29, 0.717) is 12.3 Å². The number of rotatable bonds is 9. The molecule has 1 amide bonds. The van der Waals surface area contributed by atoms with Gasteiger partial charge in [0, 0.05) is 12.0 Å². The van der Waals surface area contributed by atoms with Gasteiger partial charge in [-0.15, -0.1) is 12.4 Å². The largest absolute Gasteiger partial charge is 0.496 e. The van der Waals surface area contributed by atoms with Crippen molar-refractivity contribution in [1.29, 1.82) is 0 Å². The molecule has 0 aliphatic rings. The third-order valence-electron chi connectivity index (χ3n) is 3.39. The van der Waals surface area contributed by atoms with Gasteiger partial charge < -0.3 is 15.4 Å². The van der Waals surface area contributed by atoms with Crippen molar-refractivity contribution in [3.05, 3.63) is 29.8 Å². The number of benzene rings is 1. The molecular weight excluding hydrogens is 300 g/mol. The molecule has 5 heteroatoms. The predicted octanol–water partition coefficient (Wildman–Crippen LogP) is 3.32. The van der Waals surface area contributed by atoms with E-state index in [2.05, 4.69) is 24.5 Å². The van der Waals surface area contributed by atoms with E-state index in [9.17, 15) is 4.79 Å². The van der Waals surface area contributed by atoms with Gasteiger partial charge in [-0.1, -0.05) is 32.0 Å². The Labute approximate surface area is 140 Å². The van der Waals surface area contributed by atoms with E-state index in [4.69, 9.17) is 4.74 Å². The Bertz CT molecular complexity index is 438. The van der Waals surface area contributed by atoms with Crippen molar-refractivity contribution in [2.24, 2.45) is 5.92 Å². The van der Waals surface area contributed by atoms with Gasteiger partial charge in [0.25, 0.3) is 0 Å². The lowest BCUT2D eigenvalue weighted by atomic mass is 9.96. The minimum atomic E-state index is 0. The lowest BCUT2D eigenvalue weighted by Crippen LogP contribution is -2.30. The molecule has 0 radical (unpaired) electrons. The van der Waals surface area contributed by atoms with Crippen LogP contribution in [0, 0.1) is 5.92 Å². The molecule has 0 aliphatic carbocycles. The van der Waals surface area contributed by atoms with Crippen molar-refractivity contribution in [1.82, 2.24) is 10.6 Å². The van der Waals surface area contributed by atoms with Crippen molar-refractivity contribution in [3.63, 3.8) is 0 Å². The lowest BCUT2D eigenvalue weighted by molar-refractivity contribution is -0.122. The van der Waals surface area contributed by atoms with Crippen LogP contribution in [0.5, 0.6) is 5.75 Å². The summed E-state index contributed by atoms with van der Waals surface area (Å²) in [6, 6.07) is 7.90. The molecule has 1 aromatic carbocycles. The molecule has 0 fully saturated rings. The normalized spacial score (nSPS) is 11.7. The van der Waals surface area contributed by atoms with Gasteiger partial charge in [-0.25, -0.2) is 0 Å². The molecule has 126 valence electrons. The third kappa shape index (κ3) is 7.14. The summed E-state index contributed by atoms with van der Waals surface area (Å²) in [6.07, 6.45) is 2.30. The average Bonchev–Trinajstić information content (AvgIpc) is 2.46. The molecule has 0 bridgehead atoms. The summed E-state index contributed by atoms with van der Waals surface area (Å²) in [6.45, 7) is 5.18. The highest BCUT2D eigenvalue weighted by Crippen LogP contribution is 2.29. The van der Waals surface area contributed by atoms with Crippen molar-refractivity contribution < 1.29 is 9.53 Å². The van der Waals surface area contributed by atoms with Crippen molar-refractivity contribution in [2.45, 2.75) is 39.2 Å². The first-order valence-electron chi connectivity index (χ1n) is 7.65. The Balaban J connectivity index is 0.00000441. The fraction of sp³-hybridized carbons (Fsp3) is 0.588. The molecule has 0 saturated carbocycles. The third-order valence-corrected chi connectivity index (χ3v) is 3.39. The number of ether oxygens (including phenoxy) is 1. The van der Waals surface area contributed by atoms with Crippen LogP contribution in [0.3, 0.4) is 0 Å². The fourth-order valence-corrected chi connectivity index (χ4v) is 2.38. The molecule has 0 saturated heterocycles. The molecule has 0 spiro atoms. The van der Waals surface area contributed by atoms with E-state index in [0.717, 1.165) is 30.7 Å². The number of amides is 1. The van der Waals surface area contributed by atoms with Gasteiger partial charge >= 0.3 is 0 Å². The lowest BCUT2D eigenvalue weighted by Gasteiger charge is -2.23. The maximum atomic E-state index is 12.1. The number of hydrogen-bond acceptors (Lipinski definition) is 3. The monoisotopic (exact) mass is 328 g/mol. The maximum Gasteiger partial charge on any atom is 0.220 e. The molecule has 0 aromatic heterocycles. The standard InChI is InChI=1S/C17H28N2O2.ClH/c1-13(2)12-15(19-17(20)10-7-11-18-3)14-8-5-6-9-16(14)21-4;/h5-6,8-9,13,15,18H,7,10-12H2,1-4H3,(H,19,20);1H. The number of methoxy groups -OCH3 is 1. The van der Waals surface area contributed by atoms with Gasteiger partial charge in [-0.3, -0.25) is 4.79 Å². The quantitative estimate of drug-likeness (QED) is 0.684. The zero-order valence-electron chi connectivity index (χ0n) is 14.0. The smallest absolute Gasteiger partial charge is 0.220 e. The van der Waals surface area contributed by atoms with E-state index < -0.39 is 0 Å². The van der Waals surface area contributed by atoms with E-state index in [1.54, 1.807) is 7.11 Å². The number of nitrogens with one attached hydrogen (secondary N) is 2. The van der Waals surface area contributed by atoms with Gasteiger partial charge in [0.1, 0.15) is 5.75 Å². The number of hydrogen-bond donors (Lipinski definition) is 2. The van der Waals surface area contributed by atoms with Crippen LogP contribution >= 0.6 is 12.4 Å². The molecule has 1 atom stereocenters. The number of para-hydroxylation sites is 1. The first kappa shape index (κ1) is 20.7. The van der Waals surface area contributed by atoms with Crippen LogP contribution in [0.1, 0.15) is 44.7 Å². The van der Waals surface area contributed by atoms with Crippen molar-refractivity contribution in [3.8, 4) is 5.75 Å². The van der Waals surface area contributed by atoms with E-state index >= 15 is 0 Å². The molecular formula is C17H29ClN2O2. The second kappa shape index (κ2) is 11.3. The summed E-state index contributed by atoms with van der Waals surface area (Å²) in [5, 5.41) is 6.21. The van der Waals surface area contributed by atoms with Crippen LogP contribution < -0.4 is 15.4 Å². The van der Waals surface area contributed by atoms with Gasteiger partial charge in [0.05, 0.1) is 13.2 Å².